The lowest BCUT2D eigenvalue weighted by Gasteiger charge is -2.06. The first-order chi connectivity index (χ1) is 13.6. The van der Waals surface area contributed by atoms with Crippen molar-refractivity contribution >= 4 is 11.6 Å². The van der Waals surface area contributed by atoms with Crippen molar-refractivity contribution in [2.24, 2.45) is 0 Å². The summed E-state index contributed by atoms with van der Waals surface area (Å²) >= 11 is 0. The van der Waals surface area contributed by atoms with Crippen LogP contribution in [0.5, 0.6) is 5.75 Å². The van der Waals surface area contributed by atoms with Crippen molar-refractivity contribution in [3.63, 3.8) is 0 Å². The predicted octanol–water partition coefficient (Wildman–Crippen LogP) is 4.70. The van der Waals surface area contributed by atoms with E-state index in [2.05, 4.69) is 10.4 Å². The van der Waals surface area contributed by atoms with E-state index in [-0.39, 0.29) is 5.91 Å². The van der Waals surface area contributed by atoms with E-state index in [0.29, 0.717) is 28.5 Å². The molecular weight excluding hydrogens is 354 g/mol. The van der Waals surface area contributed by atoms with Gasteiger partial charge in [-0.3, -0.25) is 4.79 Å². The molecule has 0 bridgehead atoms. The van der Waals surface area contributed by atoms with Gasteiger partial charge in [0.05, 0.1) is 18.4 Å². The zero-order valence-corrected chi connectivity index (χ0v) is 15.5. The number of anilines is 1. The Morgan fingerprint density at radius 1 is 1.07 bits per heavy atom. The number of benzene rings is 2. The van der Waals surface area contributed by atoms with Crippen molar-refractivity contribution in [1.82, 2.24) is 9.78 Å². The van der Waals surface area contributed by atoms with Gasteiger partial charge in [0.2, 0.25) is 0 Å². The Morgan fingerprint density at radius 2 is 1.89 bits per heavy atom. The quantitative estimate of drug-likeness (QED) is 0.550. The summed E-state index contributed by atoms with van der Waals surface area (Å²) < 4.78 is 12.6. The lowest BCUT2D eigenvalue weighted by Crippen LogP contribution is -2.12. The Labute approximate surface area is 162 Å². The molecule has 0 aliphatic carbocycles. The molecule has 4 aromatic rings. The number of aryl methyl sites for hydroxylation is 1. The predicted molar refractivity (Wildman–Crippen MR) is 107 cm³/mol. The van der Waals surface area contributed by atoms with E-state index in [1.54, 1.807) is 30.1 Å². The van der Waals surface area contributed by atoms with Gasteiger partial charge in [-0.05, 0) is 43.3 Å². The molecule has 1 amide bonds. The maximum absolute atomic E-state index is 13.0. The molecule has 2 heterocycles. The number of hydrogen-bond donors (Lipinski definition) is 1. The zero-order chi connectivity index (χ0) is 19.5. The van der Waals surface area contributed by atoms with Crippen molar-refractivity contribution in [1.29, 1.82) is 0 Å². The number of para-hydroxylation sites is 1. The lowest BCUT2D eigenvalue weighted by molar-refractivity contribution is 0.102. The van der Waals surface area contributed by atoms with Crippen LogP contribution in [0.4, 0.5) is 5.69 Å². The summed E-state index contributed by atoms with van der Waals surface area (Å²) in [5.74, 6) is 1.69. The second kappa shape index (κ2) is 7.44. The maximum atomic E-state index is 13.0. The van der Waals surface area contributed by atoms with Gasteiger partial charge < -0.3 is 14.5 Å². The third-order valence-electron chi connectivity index (χ3n) is 4.28. The van der Waals surface area contributed by atoms with Crippen molar-refractivity contribution in [2.75, 3.05) is 12.4 Å². The SMILES string of the molecule is COc1cccc(NC(=O)c2cn(-c3ccccc3)nc2-c2ccc(C)o2)c1. The summed E-state index contributed by atoms with van der Waals surface area (Å²) in [6, 6.07) is 20.5. The summed E-state index contributed by atoms with van der Waals surface area (Å²) in [4.78, 5) is 13.0. The first kappa shape index (κ1) is 17.6. The minimum absolute atomic E-state index is 0.278. The Morgan fingerprint density at radius 3 is 2.61 bits per heavy atom. The molecule has 2 aromatic carbocycles. The van der Waals surface area contributed by atoms with Crippen LogP contribution in [0, 0.1) is 6.92 Å². The van der Waals surface area contributed by atoms with Crippen LogP contribution < -0.4 is 10.1 Å². The average Bonchev–Trinajstić information content (AvgIpc) is 3.35. The molecular formula is C22H19N3O3. The summed E-state index contributed by atoms with van der Waals surface area (Å²) in [6.45, 7) is 1.85. The normalized spacial score (nSPS) is 10.6. The van der Waals surface area contributed by atoms with Crippen LogP contribution in [0.15, 0.2) is 77.3 Å². The molecule has 0 saturated heterocycles. The molecule has 0 spiro atoms. The van der Waals surface area contributed by atoms with Gasteiger partial charge in [-0.15, -0.1) is 0 Å². The molecule has 0 aliphatic heterocycles. The Hall–Kier alpha value is -3.80. The third kappa shape index (κ3) is 3.53. The monoisotopic (exact) mass is 373 g/mol. The van der Waals surface area contributed by atoms with E-state index in [0.717, 1.165) is 11.4 Å². The first-order valence-electron chi connectivity index (χ1n) is 8.81. The third-order valence-corrected chi connectivity index (χ3v) is 4.28. The fourth-order valence-electron chi connectivity index (χ4n) is 2.90. The van der Waals surface area contributed by atoms with Crippen LogP contribution in [0.3, 0.4) is 0 Å². The van der Waals surface area contributed by atoms with Crippen LogP contribution in [-0.2, 0) is 0 Å². The van der Waals surface area contributed by atoms with Gasteiger partial charge in [-0.1, -0.05) is 24.3 Å². The van der Waals surface area contributed by atoms with Crippen molar-refractivity contribution in [2.45, 2.75) is 6.92 Å². The number of carbonyl (C=O) groups is 1. The van der Waals surface area contributed by atoms with E-state index in [4.69, 9.17) is 9.15 Å². The van der Waals surface area contributed by atoms with Gasteiger partial charge in [-0.25, -0.2) is 4.68 Å². The Kier molecular flexibility index (Phi) is 4.68. The standard InChI is InChI=1S/C22H19N3O3/c1-15-11-12-20(28-15)21-19(14-25(24-21)17-8-4-3-5-9-17)22(26)23-16-7-6-10-18(13-16)27-2/h3-14H,1-2H3,(H,23,26). The molecule has 28 heavy (non-hydrogen) atoms. The molecule has 4 rings (SSSR count). The zero-order valence-electron chi connectivity index (χ0n) is 15.5. The van der Waals surface area contributed by atoms with Gasteiger partial charge in [0.15, 0.2) is 5.76 Å². The van der Waals surface area contributed by atoms with E-state index >= 15 is 0 Å². The van der Waals surface area contributed by atoms with Crippen molar-refractivity contribution in [3.8, 4) is 22.9 Å². The molecule has 0 saturated carbocycles. The first-order valence-corrected chi connectivity index (χ1v) is 8.81. The Balaban J connectivity index is 1.73. The highest BCUT2D eigenvalue weighted by atomic mass is 16.5. The minimum atomic E-state index is -0.278. The highest BCUT2D eigenvalue weighted by Crippen LogP contribution is 2.27. The van der Waals surface area contributed by atoms with Crippen molar-refractivity contribution < 1.29 is 13.9 Å². The Bertz CT molecular complexity index is 1110. The molecule has 0 fully saturated rings. The molecule has 0 unspecified atom stereocenters. The molecule has 140 valence electrons. The number of methoxy groups -OCH3 is 1. The number of furan rings is 1. The molecule has 6 nitrogen and oxygen atoms in total. The second-order valence-electron chi connectivity index (χ2n) is 6.27. The largest absolute Gasteiger partial charge is 0.497 e. The minimum Gasteiger partial charge on any atom is -0.497 e. The number of nitrogens with zero attached hydrogens (tertiary/aromatic N) is 2. The van der Waals surface area contributed by atoms with E-state index < -0.39 is 0 Å². The summed E-state index contributed by atoms with van der Waals surface area (Å²) in [7, 11) is 1.59. The number of carbonyl (C=O) groups excluding carboxylic acids is 1. The average molecular weight is 373 g/mol. The van der Waals surface area contributed by atoms with Gasteiger partial charge >= 0.3 is 0 Å². The van der Waals surface area contributed by atoms with Gasteiger partial charge in [-0.2, -0.15) is 5.10 Å². The van der Waals surface area contributed by atoms with E-state index in [9.17, 15) is 4.79 Å². The highest BCUT2D eigenvalue weighted by Gasteiger charge is 2.21. The molecule has 0 atom stereocenters. The van der Waals surface area contributed by atoms with Crippen LogP contribution in [0.1, 0.15) is 16.1 Å². The van der Waals surface area contributed by atoms with E-state index in [1.807, 2.05) is 61.5 Å². The molecule has 1 N–H and O–H groups in total. The second-order valence-corrected chi connectivity index (χ2v) is 6.27. The molecule has 0 radical (unpaired) electrons. The topological polar surface area (TPSA) is 69.3 Å². The summed E-state index contributed by atoms with van der Waals surface area (Å²) in [5, 5.41) is 7.50. The van der Waals surface area contributed by atoms with Crippen LogP contribution in [0.2, 0.25) is 0 Å². The van der Waals surface area contributed by atoms with Gasteiger partial charge in [0.25, 0.3) is 5.91 Å². The number of ether oxygens (including phenoxy) is 1. The molecule has 6 heteroatoms. The van der Waals surface area contributed by atoms with Crippen LogP contribution in [0.25, 0.3) is 17.1 Å². The van der Waals surface area contributed by atoms with Crippen LogP contribution >= 0.6 is 0 Å². The number of nitrogens with one attached hydrogen (secondary N) is 1. The van der Waals surface area contributed by atoms with Gasteiger partial charge in [0.1, 0.15) is 17.2 Å². The molecule has 2 aromatic heterocycles. The number of aromatic nitrogens is 2. The summed E-state index contributed by atoms with van der Waals surface area (Å²) in [5.41, 5.74) is 2.39. The number of rotatable bonds is 5. The molecule has 0 aliphatic rings. The van der Waals surface area contributed by atoms with E-state index in [1.165, 1.54) is 0 Å². The summed E-state index contributed by atoms with van der Waals surface area (Å²) in [6.07, 6.45) is 1.71. The smallest absolute Gasteiger partial charge is 0.259 e. The highest BCUT2D eigenvalue weighted by molar-refractivity contribution is 6.07. The lowest BCUT2D eigenvalue weighted by atomic mass is 10.2. The maximum Gasteiger partial charge on any atom is 0.259 e. The van der Waals surface area contributed by atoms with Crippen molar-refractivity contribution in [3.05, 3.63) is 84.3 Å². The van der Waals surface area contributed by atoms with Gasteiger partial charge in [0, 0.05) is 18.0 Å². The number of amides is 1. The van der Waals surface area contributed by atoms with Crippen LogP contribution in [-0.4, -0.2) is 22.8 Å². The fraction of sp³-hybridized carbons (Fsp3) is 0.0909. The fourth-order valence-corrected chi connectivity index (χ4v) is 2.90. The number of hydrogen-bond acceptors (Lipinski definition) is 4.